The van der Waals surface area contributed by atoms with Crippen LogP contribution in [0.2, 0.25) is 0 Å². The molecule has 0 saturated heterocycles. The molecule has 0 saturated carbocycles. The van der Waals surface area contributed by atoms with Crippen molar-refractivity contribution in [3.8, 4) is 5.75 Å². The van der Waals surface area contributed by atoms with Gasteiger partial charge < -0.3 is 15.8 Å². The number of halogens is 3. The van der Waals surface area contributed by atoms with Gasteiger partial charge in [-0.3, -0.25) is 4.79 Å². The highest BCUT2D eigenvalue weighted by Crippen LogP contribution is 2.35. The molecule has 126 valence electrons. The van der Waals surface area contributed by atoms with Crippen molar-refractivity contribution in [1.82, 2.24) is 0 Å². The summed E-state index contributed by atoms with van der Waals surface area (Å²) in [6, 6.07) is 9.26. The average Bonchev–Trinajstić information content (AvgIpc) is 2.53. The van der Waals surface area contributed by atoms with Crippen LogP contribution in [0, 0.1) is 0 Å². The quantitative estimate of drug-likeness (QED) is 0.824. The van der Waals surface area contributed by atoms with Crippen molar-refractivity contribution in [1.29, 1.82) is 0 Å². The molecule has 8 heteroatoms. The van der Waals surface area contributed by atoms with Gasteiger partial charge in [0.25, 0.3) is 0 Å². The lowest BCUT2D eigenvalue weighted by Crippen LogP contribution is -2.20. The number of rotatable bonds is 4. The molecule has 0 radical (unpaired) electrons. The van der Waals surface area contributed by atoms with Gasteiger partial charge in [-0.05, 0) is 24.3 Å². The summed E-state index contributed by atoms with van der Waals surface area (Å²) in [5.74, 6) is -0.507. The minimum absolute atomic E-state index is 0.0385. The summed E-state index contributed by atoms with van der Waals surface area (Å²) in [6.45, 7) is 0. The number of benzene rings is 2. The molecule has 4 nitrogen and oxygen atoms in total. The van der Waals surface area contributed by atoms with Gasteiger partial charge in [-0.2, -0.15) is 13.2 Å². The number of ether oxygens (including phenoxy) is 1. The van der Waals surface area contributed by atoms with Gasteiger partial charge in [0.2, 0.25) is 5.91 Å². The van der Waals surface area contributed by atoms with E-state index >= 15 is 0 Å². The van der Waals surface area contributed by atoms with Crippen molar-refractivity contribution >= 4 is 28.8 Å². The maximum absolute atomic E-state index is 12.9. The van der Waals surface area contributed by atoms with Crippen LogP contribution >= 0.6 is 12.2 Å². The predicted molar refractivity (Wildman–Crippen MR) is 88.3 cm³/mol. The molecule has 0 fully saturated rings. The van der Waals surface area contributed by atoms with Gasteiger partial charge in [0, 0.05) is 11.1 Å². The minimum atomic E-state index is -4.50. The lowest BCUT2D eigenvalue weighted by molar-refractivity contribution is -0.137. The second kappa shape index (κ2) is 6.88. The molecule has 2 rings (SSSR count). The van der Waals surface area contributed by atoms with Crippen LogP contribution in [0.4, 0.5) is 18.9 Å². The van der Waals surface area contributed by atoms with Gasteiger partial charge in [-0.25, -0.2) is 0 Å². The lowest BCUT2D eigenvalue weighted by atomic mass is 10.1. The highest BCUT2D eigenvalue weighted by atomic mass is 32.1. The normalized spacial score (nSPS) is 11.0. The zero-order valence-corrected chi connectivity index (χ0v) is 13.3. The zero-order chi connectivity index (χ0) is 17.9. The van der Waals surface area contributed by atoms with Crippen molar-refractivity contribution in [3.63, 3.8) is 0 Å². The second-order valence-electron chi connectivity index (χ2n) is 4.78. The Balaban J connectivity index is 2.40. The van der Waals surface area contributed by atoms with E-state index in [0.29, 0.717) is 5.56 Å². The van der Waals surface area contributed by atoms with E-state index in [-0.39, 0.29) is 22.0 Å². The third kappa shape index (κ3) is 3.83. The molecule has 2 aromatic rings. The third-order valence-corrected chi connectivity index (χ3v) is 3.53. The molecule has 0 aliphatic rings. The first-order chi connectivity index (χ1) is 11.2. The van der Waals surface area contributed by atoms with E-state index in [9.17, 15) is 18.0 Å². The van der Waals surface area contributed by atoms with E-state index in [4.69, 9.17) is 22.7 Å². The molecule has 0 aliphatic heterocycles. The standard InChI is InChI=1S/C16H13F3N2O2S/c1-23-13-7-6-9(16(17,18)19)8-12(13)21-15(24)11-5-3-2-4-10(11)14(20)22/h2-8H,1H3,(H2,20,22)(H,21,24). The number of anilines is 1. The van der Waals surface area contributed by atoms with Crippen LogP contribution < -0.4 is 15.8 Å². The Bertz CT molecular complexity index is 791. The van der Waals surface area contributed by atoms with Gasteiger partial charge in [0.05, 0.1) is 18.4 Å². The predicted octanol–water partition coefficient (Wildman–Crippen LogP) is 3.60. The molecule has 0 spiro atoms. The summed E-state index contributed by atoms with van der Waals surface area (Å²) in [6.07, 6.45) is -4.50. The summed E-state index contributed by atoms with van der Waals surface area (Å²) in [5.41, 5.74) is 4.96. The number of hydrogen-bond donors (Lipinski definition) is 2. The van der Waals surface area contributed by atoms with E-state index in [1.54, 1.807) is 18.2 Å². The van der Waals surface area contributed by atoms with Crippen LogP contribution in [-0.4, -0.2) is 18.0 Å². The Morgan fingerprint density at radius 3 is 2.33 bits per heavy atom. The number of nitrogens with two attached hydrogens (primary N) is 1. The highest BCUT2D eigenvalue weighted by molar-refractivity contribution is 7.81. The number of amides is 1. The van der Waals surface area contributed by atoms with Gasteiger partial charge in [0.1, 0.15) is 10.7 Å². The van der Waals surface area contributed by atoms with Crippen LogP contribution in [0.3, 0.4) is 0 Å². The largest absolute Gasteiger partial charge is 0.495 e. The van der Waals surface area contributed by atoms with Crippen molar-refractivity contribution in [2.45, 2.75) is 6.18 Å². The van der Waals surface area contributed by atoms with E-state index in [0.717, 1.165) is 12.1 Å². The minimum Gasteiger partial charge on any atom is -0.495 e. The third-order valence-electron chi connectivity index (χ3n) is 3.21. The van der Waals surface area contributed by atoms with E-state index in [1.807, 2.05) is 0 Å². The van der Waals surface area contributed by atoms with Gasteiger partial charge in [-0.15, -0.1) is 0 Å². The number of methoxy groups -OCH3 is 1. The second-order valence-corrected chi connectivity index (χ2v) is 5.19. The Kier molecular flexibility index (Phi) is 5.08. The van der Waals surface area contributed by atoms with Crippen molar-refractivity contribution in [2.75, 3.05) is 12.4 Å². The molecule has 2 aromatic carbocycles. The molecule has 0 bridgehead atoms. The summed E-state index contributed by atoms with van der Waals surface area (Å²) in [7, 11) is 1.33. The molecule has 1 amide bonds. The number of primary amides is 1. The molecule has 0 heterocycles. The van der Waals surface area contributed by atoms with E-state index in [2.05, 4.69) is 5.32 Å². The van der Waals surface area contributed by atoms with Gasteiger partial charge in [-0.1, -0.05) is 30.4 Å². The lowest BCUT2D eigenvalue weighted by Gasteiger charge is -2.16. The van der Waals surface area contributed by atoms with Crippen LogP contribution in [-0.2, 0) is 6.18 Å². The van der Waals surface area contributed by atoms with Crippen LogP contribution in [0.5, 0.6) is 5.75 Å². The van der Waals surface area contributed by atoms with Crippen molar-refractivity contribution < 1.29 is 22.7 Å². The fourth-order valence-corrected chi connectivity index (χ4v) is 2.36. The van der Waals surface area contributed by atoms with E-state index in [1.165, 1.54) is 19.2 Å². The molecule has 0 atom stereocenters. The van der Waals surface area contributed by atoms with Gasteiger partial charge >= 0.3 is 6.18 Å². The van der Waals surface area contributed by atoms with Crippen LogP contribution in [0.15, 0.2) is 42.5 Å². The molecule has 24 heavy (non-hydrogen) atoms. The molecule has 0 unspecified atom stereocenters. The first-order valence-corrected chi connectivity index (χ1v) is 7.10. The smallest absolute Gasteiger partial charge is 0.416 e. The molecular weight excluding hydrogens is 341 g/mol. The first-order valence-electron chi connectivity index (χ1n) is 6.69. The van der Waals surface area contributed by atoms with Crippen LogP contribution in [0.1, 0.15) is 21.5 Å². The van der Waals surface area contributed by atoms with Gasteiger partial charge in [0.15, 0.2) is 0 Å². The summed E-state index contributed by atoms with van der Waals surface area (Å²) >= 11 is 5.20. The number of nitrogens with one attached hydrogen (secondary N) is 1. The average molecular weight is 354 g/mol. The Morgan fingerprint density at radius 1 is 1.17 bits per heavy atom. The van der Waals surface area contributed by atoms with Crippen molar-refractivity contribution in [2.24, 2.45) is 5.73 Å². The summed E-state index contributed by atoms with van der Waals surface area (Å²) < 4.78 is 43.7. The van der Waals surface area contributed by atoms with E-state index < -0.39 is 17.6 Å². The topological polar surface area (TPSA) is 64.3 Å². The first kappa shape index (κ1) is 17.7. The number of thiocarbonyl (C=S) groups is 1. The molecule has 0 aromatic heterocycles. The van der Waals surface area contributed by atoms with Crippen molar-refractivity contribution in [3.05, 3.63) is 59.2 Å². The van der Waals surface area contributed by atoms with Crippen LogP contribution in [0.25, 0.3) is 0 Å². The number of carbonyl (C=O) groups excluding carboxylic acids is 1. The Hall–Kier alpha value is -2.61. The SMILES string of the molecule is COc1ccc(C(F)(F)F)cc1NC(=S)c1ccccc1C(N)=O. The number of alkyl halides is 3. The molecule has 0 aliphatic carbocycles. The molecule has 3 N–H and O–H groups in total. The fraction of sp³-hybridized carbons (Fsp3) is 0.125. The molecular formula is C16H13F3N2O2S. The Morgan fingerprint density at radius 2 is 1.79 bits per heavy atom. The monoisotopic (exact) mass is 354 g/mol. The zero-order valence-electron chi connectivity index (χ0n) is 12.5. The Labute approximate surface area is 141 Å². The highest BCUT2D eigenvalue weighted by Gasteiger charge is 2.31. The summed E-state index contributed by atoms with van der Waals surface area (Å²) in [4.78, 5) is 11.5. The fourth-order valence-electron chi connectivity index (χ4n) is 2.07. The maximum atomic E-state index is 12.9. The number of hydrogen-bond acceptors (Lipinski definition) is 3. The maximum Gasteiger partial charge on any atom is 0.416 e. The number of carbonyl (C=O) groups is 1. The summed E-state index contributed by atoms with van der Waals surface area (Å²) in [5, 5.41) is 2.68.